The molecule has 0 radical (unpaired) electrons. The molecular formula is C10H13ClN2OS. The lowest BCUT2D eigenvalue weighted by Crippen LogP contribution is -2.33. The maximum absolute atomic E-state index is 11.6. The van der Waals surface area contributed by atoms with E-state index in [1.54, 1.807) is 12.1 Å². The average Bonchev–Trinajstić information content (AvgIpc) is 2.90. The molecule has 0 atom stereocenters. The van der Waals surface area contributed by atoms with Gasteiger partial charge in [-0.2, -0.15) is 0 Å². The first-order valence-electron chi connectivity index (χ1n) is 4.89. The molecule has 1 aromatic heterocycles. The lowest BCUT2D eigenvalue weighted by molar-refractivity contribution is 0.0949. The SMILES string of the molecule is NCC1(CNC(=O)c2ccc(Cl)s2)CC1. The van der Waals surface area contributed by atoms with Crippen LogP contribution in [0.5, 0.6) is 0 Å². The van der Waals surface area contributed by atoms with E-state index >= 15 is 0 Å². The van der Waals surface area contributed by atoms with E-state index in [9.17, 15) is 4.79 Å². The van der Waals surface area contributed by atoms with Crippen molar-refractivity contribution in [2.75, 3.05) is 13.1 Å². The van der Waals surface area contributed by atoms with Gasteiger partial charge in [-0.25, -0.2) is 0 Å². The topological polar surface area (TPSA) is 55.1 Å². The van der Waals surface area contributed by atoms with Crippen molar-refractivity contribution in [3.63, 3.8) is 0 Å². The first kappa shape index (κ1) is 10.9. The van der Waals surface area contributed by atoms with E-state index in [1.165, 1.54) is 11.3 Å². The molecular weight excluding hydrogens is 232 g/mol. The van der Waals surface area contributed by atoms with Crippen LogP contribution in [-0.2, 0) is 0 Å². The zero-order chi connectivity index (χ0) is 10.9. The number of hydrogen-bond acceptors (Lipinski definition) is 3. The van der Waals surface area contributed by atoms with E-state index in [1.807, 2.05) is 0 Å². The first-order valence-corrected chi connectivity index (χ1v) is 6.08. The summed E-state index contributed by atoms with van der Waals surface area (Å²) >= 11 is 7.05. The Bertz CT molecular complexity index is 373. The second-order valence-corrected chi connectivity index (χ2v) is 5.71. The standard InChI is InChI=1S/C10H13ClN2OS/c11-8-2-1-7(15-8)9(14)13-6-10(5-12)3-4-10/h1-2H,3-6,12H2,(H,13,14). The van der Waals surface area contributed by atoms with E-state index < -0.39 is 0 Å². The lowest BCUT2D eigenvalue weighted by atomic mass is 10.1. The molecule has 1 amide bonds. The van der Waals surface area contributed by atoms with Crippen LogP contribution in [-0.4, -0.2) is 19.0 Å². The Hall–Kier alpha value is -0.580. The van der Waals surface area contributed by atoms with Crippen molar-refractivity contribution < 1.29 is 4.79 Å². The Morgan fingerprint density at radius 2 is 2.33 bits per heavy atom. The van der Waals surface area contributed by atoms with Gasteiger partial charge in [0.2, 0.25) is 0 Å². The minimum Gasteiger partial charge on any atom is -0.351 e. The number of halogens is 1. The number of nitrogens with two attached hydrogens (primary N) is 1. The predicted molar refractivity (Wildman–Crippen MR) is 62.4 cm³/mol. The van der Waals surface area contributed by atoms with Gasteiger partial charge in [-0.05, 0) is 31.5 Å². The molecule has 0 saturated heterocycles. The van der Waals surface area contributed by atoms with E-state index in [0.717, 1.165) is 12.8 Å². The highest BCUT2D eigenvalue weighted by molar-refractivity contribution is 7.17. The van der Waals surface area contributed by atoms with Crippen LogP contribution >= 0.6 is 22.9 Å². The van der Waals surface area contributed by atoms with Crippen LogP contribution in [0.15, 0.2) is 12.1 Å². The number of carbonyl (C=O) groups is 1. The molecule has 0 aromatic carbocycles. The second-order valence-electron chi connectivity index (χ2n) is 3.99. The highest BCUT2D eigenvalue weighted by Crippen LogP contribution is 2.43. The Kier molecular flexibility index (Phi) is 3.00. The maximum atomic E-state index is 11.6. The maximum Gasteiger partial charge on any atom is 0.261 e. The summed E-state index contributed by atoms with van der Waals surface area (Å²) in [4.78, 5) is 12.3. The third-order valence-electron chi connectivity index (χ3n) is 2.81. The van der Waals surface area contributed by atoms with Gasteiger partial charge >= 0.3 is 0 Å². The van der Waals surface area contributed by atoms with Crippen LogP contribution in [0, 0.1) is 5.41 Å². The van der Waals surface area contributed by atoms with Gasteiger partial charge in [0.15, 0.2) is 0 Å². The number of carbonyl (C=O) groups excluding carboxylic acids is 1. The summed E-state index contributed by atoms with van der Waals surface area (Å²) in [5, 5.41) is 2.90. The van der Waals surface area contributed by atoms with E-state index in [0.29, 0.717) is 22.3 Å². The van der Waals surface area contributed by atoms with Crippen molar-refractivity contribution in [2.45, 2.75) is 12.8 Å². The van der Waals surface area contributed by atoms with Crippen molar-refractivity contribution in [3.8, 4) is 0 Å². The Morgan fingerprint density at radius 3 is 2.80 bits per heavy atom. The van der Waals surface area contributed by atoms with Crippen molar-refractivity contribution in [1.82, 2.24) is 5.32 Å². The van der Waals surface area contributed by atoms with Gasteiger partial charge in [-0.3, -0.25) is 4.79 Å². The fourth-order valence-electron chi connectivity index (χ4n) is 1.42. The summed E-state index contributed by atoms with van der Waals surface area (Å²) in [6.07, 6.45) is 2.24. The molecule has 1 aliphatic carbocycles. The molecule has 1 aliphatic rings. The molecule has 1 heterocycles. The number of rotatable bonds is 4. The summed E-state index contributed by atoms with van der Waals surface area (Å²) in [6.45, 7) is 1.33. The van der Waals surface area contributed by atoms with Crippen molar-refractivity contribution in [3.05, 3.63) is 21.3 Å². The minimum absolute atomic E-state index is 0.0494. The molecule has 0 bridgehead atoms. The smallest absolute Gasteiger partial charge is 0.261 e. The van der Waals surface area contributed by atoms with E-state index in [2.05, 4.69) is 5.32 Å². The third-order valence-corrected chi connectivity index (χ3v) is 4.04. The molecule has 0 spiro atoms. The van der Waals surface area contributed by atoms with Gasteiger partial charge in [-0.15, -0.1) is 11.3 Å². The van der Waals surface area contributed by atoms with Gasteiger partial charge in [0.1, 0.15) is 0 Å². The van der Waals surface area contributed by atoms with Crippen LogP contribution < -0.4 is 11.1 Å². The highest BCUT2D eigenvalue weighted by Gasteiger charge is 2.41. The predicted octanol–water partition coefficient (Wildman–Crippen LogP) is 1.87. The highest BCUT2D eigenvalue weighted by atomic mass is 35.5. The molecule has 1 fully saturated rings. The average molecular weight is 245 g/mol. The van der Waals surface area contributed by atoms with Crippen LogP contribution in [0.25, 0.3) is 0 Å². The van der Waals surface area contributed by atoms with Crippen molar-refractivity contribution in [1.29, 1.82) is 0 Å². The zero-order valence-electron chi connectivity index (χ0n) is 8.25. The van der Waals surface area contributed by atoms with Gasteiger partial charge in [0, 0.05) is 12.0 Å². The summed E-state index contributed by atoms with van der Waals surface area (Å²) < 4.78 is 0.639. The largest absolute Gasteiger partial charge is 0.351 e. The van der Waals surface area contributed by atoms with Crippen molar-refractivity contribution >= 4 is 28.8 Å². The molecule has 2 rings (SSSR count). The Balaban J connectivity index is 1.88. The fraction of sp³-hybridized carbons (Fsp3) is 0.500. The molecule has 3 N–H and O–H groups in total. The quantitative estimate of drug-likeness (QED) is 0.850. The third kappa shape index (κ3) is 2.51. The fourth-order valence-corrected chi connectivity index (χ4v) is 2.38. The first-order chi connectivity index (χ1) is 7.15. The van der Waals surface area contributed by atoms with Crippen molar-refractivity contribution in [2.24, 2.45) is 11.1 Å². The Morgan fingerprint density at radius 1 is 1.60 bits per heavy atom. The summed E-state index contributed by atoms with van der Waals surface area (Å²) in [5.41, 5.74) is 5.81. The van der Waals surface area contributed by atoms with Gasteiger partial charge < -0.3 is 11.1 Å². The van der Waals surface area contributed by atoms with Gasteiger partial charge in [0.25, 0.3) is 5.91 Å². The normalized spacial score (nSPS) is 17.5. The summed E-state index contributed by atoms with van der Waals surface area (Å²) in [5.74, 6) is -0.0494. The number of thiophene rings is 1. The summed E-state index contributed by atoms with van der Waals surface area (Å²) in [6, 6.07) is 3.47. The monoisotopic (exact) mass is 244 g/mol. The number of hydrogen-bond donors (Lipinski definition) is 2. The van der Waals surface area contributed by atoms with Crippen LogP contribution in [0.4, 0.5) is 0 Å². The minimum atomic E-state index is -0.0494. The van der Waals surface area contributed by atoms with Gasteiger partial charge in [-0.1, -0.05) is 11.6 Å². The molecule has 1 aromatic rings. The summed E-state index contributed by atoms with van der Waals surface area (Å²) in [7, 11) is 0. The van der Waals surface area contributed by atoms with Crippen LogP contribution in [0.2, 0.25) is 4.34 Å². The molecule has 5 heteroatoms. The molecule has 15 heavy (non-hydrogen) atoms. The number of nitrogens with one attached hydrogen (secondary N) is 1. The molecule has 0 unspecified atom stereocenters. The van der Waals surface area contributed by atoms with Gasteiger partial charge in [0.05, 0.1) is 9.21 Å². The van der Waals surface area contributed by atoms with E-state index in [-0.39, 0.29) is 11.3 Å². The van der Waals surface area contributed by atoms with Crippen LogP contribution in [0.1, 0.15) is 22.5 Å². The molecule has 0 aliphatic heterocycles. The number of amides is 1. The second kappa shape index (κ2) is 4.12. The lowest BCUT2D eigenvalue weighted by Gasteiger charge is -2.12. The zero-order valence-corrected chi connectivity index (χ0v) is 9.83. The van der Waals surface area contributed by atoms with Crippen LogP contribution in [0.3, 0.4) is 0 Å². The molecule has 82 valence electrons. The molecule has 3 nitrogen and oxygen atoms in total. The van der Waals surface area contributed by atoms with E-state index in [4.69, 9.17) is 17.3 Å². The Labute approximate surface area is 97.6 Å². The molecule has 1 saturated carbocycles.